The van der Waals surface area contributed by atoms with Crippen LogP contribution in [0.2, 0.25) is 15.1 Å². The Morgan fingerprint density at radius 3 is 1.81 bits per heavy atom. The fraction of sp³-hybridized carbons (Fsp3) is 0.0833. The van der Waals surface area contributed by atoms with E-state index in [1.165, 1.54) is 4.90 Å². The van der Waals surface area contributed by atoms with Crippen molar-refractivity contribution in [2.24, 2.45) is 0 Å². The van der Waals surface area contributed by atoms with Crippen LogP contribution in [0.15, 0.2) is 78.4 Å². The molecule has 4 rings (SSSR count). The van der Waals surface area contributed by atoms with Crippen molar-refractivity contribution in [2.45, 2.75) is 12.6 Å². The summed E-state index contributed by atoms with van der Waals surface area (Å²) in [5, 5.41) is 12.6. The highest BCUT2D eigenvalue weighted by Gasteiger charge is 2.46. The van der Waals surface area contributed by atoms with Gasteiger partial charge in [0.2, 0.25) is 0 Å². The summed E-state index contributed by atoms with van der Waals surface area (Å²) >= 11 is 17.9. The van der Waals surface area contributed by atoms with Gasteiger partial charge in [-0.3, -0.25) is 9.59 Å². The van der Waals surface area contributed by atoms with Crippen LogP contribution >= 0.6 is 34.8 Å². The number of hydrogen-bond donors (Lipinski definition) is 1. The summed E-state index contributed by atoms with van der Waals surface area (Å²) in [5.74, 6) is -1.69. The molecule has 1 amide bonds. The summed E-state index contributed by atoms with van der Waals surface area (Å²) in [6.07, 6.45) is 0. The van der Waals surface area contributed by atoms with Gasteiger partial charge in [0.05, 0.1) is 11.6 Å². The van der Waals surface area contributed by atoms with E-state index in [1.54, 1.807) is 72.8 Å². The fourth-order valence-corrected chi connectivity index (χ4v) is 3.96. The predicted molar refractivity (Wildman–Crippen MR) is 122 cm³/mol. The molecule has 7 heteroatoms. The van der Waals surface area contributed by atoms with Crippen molar-refractivity contribution < 1.29 is 14.7 Å². The number of carbonyl (C=O) groups is 2. The van der Waals surface area contributed by atoms with Crippen LogP contribution < -0.4 is 0 Å². The Balaban J connectivity index is 1.84. The van der Waals surface area contributed by atoms with Gasteiger partial charge in [0.1, 0.15) is 5.76 Å². The van der Waals surface area contributed by atoms with Crippen molar-refractivity contribution in [1.29, 1.82) is 0 Å². The first-order valence-corrected chi connectivity index (χ1v) is 10.5. The number of likely N-dealkylation sites (tertiary alicyclic amines) is 1. The molecule has 1 atom stereocenters. The summed E-state index contributed by atoms with van der Waals surface area (Å²) < 4.78 is 0. The summed E-state index contributed by atoms with van der Waals surface area (Å²) in [4.78, 5) is 27.4. The highest BCUT2D eigenvalue weighted by Crippen LogP contribution is 2.40. The molecule has 1 aliphatic rings. The molecular formula is C24H16Cl3NO3. The lowest BCUT2D eigenvalue weighted by Gasteiger charge is -2.25. The number of halogens is 3. The molecule has 1 heterocycles. The van der Waals surface area contributed by atoms with Crippen LogP contribution in [0.3, 0.4) is 0 Å². The van der Waals surface area contributed by atoms with E-state index < -0.39 is 17.7 Å². The minimum Gasteiger partial charge on any atom is -0.507 e. The Morgan fingerprint density at radius 1 is 0.774 bits per heavy atom. The largest absolute Gasteiger partial charge is 0.507 e. The number of nitrogens with zero attached hydrogens (tertiary/aromatic N) is 1. The lowest BCUT2D eigenvalue weighted by molar-refractivity contribution is -0.140. The van der Waals surface area contributed by atoms with Crippen molar-refractivity contribution in [2.75, 3.05) is 0 Å². The number of benzene rings is 3. The average Bonchev–Trinajstić information content (AvgIpc) is 3.01. The number of aliphatic hydroxyl groups is 1. The van der Waals surface area contributed by atoms with Gasteiger partial charge in [-0.1, -0.05) is 59.1 Å². The molecule has 0 saturated carbocycles. The number of aliphatic hydroxyl groups excluding tert-OH is 1. The Bertz CT molecular complexity index is 1170. The zero-order chi connectivity index (χ0) is 22.1. The van der Waals surface area contributed by atoms with Gasteiger partial charge >= 0.3 is 0 Å². The highest BCUT2D eigenvalue weighted by atomic mass is 35.5. The Labute approximate surface area is 194 Å². The first-order valence-electron chi connectivity index (χ1n) is 9.39. The van der Waals surface area contributed by atoms with E-state index in [1.807, 2.05) is 0 Å². The van der Waals surface area contributed by atoms with E-state index in [0.717, 1.165) is 5.56 Å². The van der Waals surface area contributed by atoms with Crippen molar-refractivity contribution >= 4 is 52.3 Å². The van der Waals surface area contributed by atoms with Crippen LogP contribution in [0.1, 0.15) is 22.7 Å². The number of rotatable bonds is 4. The van der Waals surface area contributed by atoms with Crippen LogP contribution in [0.4, 0.5) is 0 Å². The number of carbonyl (C=O) groups excluding carboxylic acids is 2. The van der Waals surface area contributed by atoms with Crippen LogP contribution in [0.25, 0.3) is 5.76 Å². The minimum atomic E-state index is -0.774. The molecule has 0 aliphatic carbocycles. The van der Waals surface area contributed by atoms with Crippen molar-refractivity contribution in [3.63, 3.8) is 0 Å². The standard InChI is InChI=1S/C24H16Cl3NO3/c25-17-7-1-14(2-8-17)13-28-21(15-3-9-18(26)10-4-15)20(23(30)24(28)31)22(29)16-5-11-19(27)12-6-16/h1-12,21,29H,13H2. The van der Waals surface area contributed by atoms with Crippen molar-refractivity contribution in [3.05, 3.63) is 110 Å². The molecule has 0 spiro atoms. The van der Waals surface area contributed by atoms with Crippen LogP contribution in [0.5, 0.6) is 0 Å². The molecular weight excluding hydrogens is 457 g/mol. The van der Waals surface area contributed by atoms with Crippen LogP contribution in [-0.2, 0) is 16.1 Å². The zero-order valence-corrected chi connectivity index (χ0v) is 18.3. The molecule has 3 aromatic rings. The topological polar surface area (TPSA) is 57.6 Å². The fourth-order valence-electron chi connectivity index (χ4n) is 3.58. The molecule has 1 fully saturated rings. The molecule has 0 radical (unpaired) electrons. The molecule has 0 bridgehead atoms. The number of Topliss-reactive ketones (excluding diaryl/α,β-unsaturated/α-hetero) is 1. The molecule has 0 aromatic heterocycles. The third-order valence-corrected chi connectivity index (χ3v) is 5.87. The Hall–Kier alpha value is -2.79. The summed E-state index contributed by atoms with van der Waals surface area (Å²) in [6, 6.07) is 19.5. The zero-order valence-electron chi connectivity index (χ0n) is 16.1. The molecule has 1 saturated heterocycles. The van der Waals surface area contributed by atoms with Gasteiger partial charge < -0.3 is 10.0 Å². The summed E-state index contributed by atoms with van der Waals surface area (Å²) in [6.45, 7) is 0.173. The Morgan fingerprint density at radius 2 is 1.26 bits per heavy atom. The van der Waals surface area contributed by atoms with Gasteiger partial charge in [0, 0.05) is 27.2 Å². The van der Waals surface area contributed by atoms with E-state index >= 15 is 0 Å². The average molecular weight is 473 g/mol. The van der Waals surface area contributed by atoms with Gasteiger partial charge in [0.25, 0.3) is 11.7 Å². The second kappa shape index (κ2) is 8.75. The predicted octanol–water partition coefficient (Wildman–Crippen LogP) is 6.27. The number of amides is 1. The monoisotopic (exact) mass is 471 g/mol. The lowest BCUT2D eigenvalue weighted by atomic mass is 9.95. The van der Waals surface area contributed by atoms with E-state index in [9.17, 15) is 14.7 Å². The third kappa shape index (κ3) is 4.33. The number of ketones is 1. The van der Waals surface area contributed by atoms with Gasteiger partial charge in [-0.25, -0.2) is 0 Å². The smallest absolute Gasteiger partial charge is 0.295 e. The van der Waals surface area contributed by atoms with E-state index in [4.69, 9.17) is 34.8 Å². The van der Waals surface area contributed by atoms with Gasteiger partial charge in [-0.2, -0.15) is 0 Å². The molecule has 1 unspecified atom stereocenters. The van der Waals surface area contributed by atoms with E-state index in [-0.39, 0.29) is 17.9 Å². The molecule has 4 nitrogen and oxygen atoms in total. The minimum absolute atomic E-state index is 0.0172. The van der Waals surface area contributed by atoms with Gasteiger partial charge in [-0.05, 0) is 59.7 Å². The molecule has 156 valence electrons. The second-order valence-corrected chi connectivity index (χ2v) is 8.42. The number of hydrogen-bond acceptors (Lipinski definition) is 3. The normalized spacial score (nSPS) is 17.9. The van der Waals surface area contributed by atoms with Gasteiger partial charge in [0.15, 0.2) is 0 Å². The van der Waals surface area contributed by atoms with Crippen LogP contribution in [-0.4, -0.2) is 21.7 Å². The van der Waals surface area contributed by atoms with Crippen molar-refractivity contribution in [1.82, 2.24) is 4.90 Å². The summed E-state index contributed by atoms with van der Waals surface area (Å²) in [7, 11) is 0. The molecule has 1 aliphatic heterocycles. The first kappa shape index (κ1) is 21.4. The lowest BCUT2D eigenvalue weighted by Crippen LogP contribution is -2.29. The quantitative estimate of drug-likeness (QED) is 0.277. The maximum Gasteiger partial charge on any atom is 0.295 e. The third-order valence-electron chi connectivity index (χ3n) is 5.11. The maximum absolute atomic E-state index is 13.0. The second-order valence-electron chi connectivity index (χ2n) is 7.11. The van der Waals surface area contributed by atoms with E-state index in [0.29, 0.717) is 26.2 Å². The first-order chi connectivity index (χ1) is 14.8. The molecule has 1 N–H and O–H groups in total. The van der Waals surface area contributed by atoms with Gasteiger partial charge in [-0.15, -0.1) is 0 Å². The van der Waals surface area contributed by atoms with Crippen LogP contribution in [0, 0.1) is 0 Å². The van der Waals surface area contributed by atoms with E-state index in [2.05, 4.69) is 0 Å². The molecule has 3 aromatic carbocycles. The summed E-state index contributed by atoms with van der Waals surface area (Å²) in [5.41, 5.74) is 1.88. The molecule has 31 heavy (non-hydrogen) atoms. The maximum atomic E-state index is 13.0. The Kier molecular flexibility index (Phi) is 6.05. The highest BCUT2D eigenvalue weighted by molar-refractivity contribution is 6.46. The SMILES string of the molecule is O=C1C(=O)N(Cc2ccc(Cl)cc2)C(c2ccc(Cl)cc2)C1=C(O)c1ccc(Cl)cc1. The van der Waals surface area contributed by atoms with Crippen molar-refractivity contribution in [3.8, 4) is 0 Å².